The number of nitrogens with zero attached hydrogens (tertiary/aromatic N) is 4. The van der Waals surface area contributed by atoms with E-state index in [2.05, 4.69) is 21.0 Å². The van der Waals surface area contributed by atoms with Gasteiger partial charge >= 0.3 is 0 Å². The van der Waals surface area contributed by atoms with Crippen LogP contribution in [-0.2, 0) is 6.42 Å². The molecule has 0 bridgehead atoms. The number of halogens is 1. The topological polar surface area (TPSA) is 72.9 Å². The molecule has 4 aromatic rings. The Morgan fingerprint density at radius 3 is 2.91 bits per heavy atom. The van der Waals surface area contributed by atoms with Gasteiger partial charge in [-0.3, -0.25) is 9.20 Å². The van der Waals surface area contributed by atoms with Gasteiger partial charge in [-0.25, -0.2) is 9.37 Å². The molecule has 1 fully saturated rings. The van der Waals surface area contributed by atoms with Crippen LogP contribution in [0.4, 0.5) is 4.39 Å². The van der Waals surface area contributed by atoms with E-state index in [1.54, 1.807) is 24.4 Å². The lowest BCUT2D eigenvalue weighted by Crippen LogP contribution is -2.35. The van der Waals surface area contributed by atoms with Gasteiger partial charge in [-0.15, -0.1) is 6.42 Å². The predicted octanol–water partition coefficient (Wildman–Crippen LogP) is 3.72. The molecular weight excluding hydrogens is 435 g/mol. The van der Waals surface area contributed by atoms with Gasteiger partial charge in [0, 0.05) is 41.4 Å². The van der Waals surface area contributed by atoms with Crippen molar-refractivity contribution in [1.82, 2.24) is 19.4 Å². The van der Waals surface area contributed by atoms with Gasteiger partial charge in [-0.1, -0.05) is 11.1 Å². The van der Waals surface area contributed by atoms with Crippen LogP contribution in [0.2, 0.25) is 0 Å². The minimum Gasteiger partial charge on any atom is -0.477 e. The van der Waals surface area contributed by atoms with Crippen LogP contribution >= 0.6 is 0 Å². The van der Waals surface area contributed by atoms with Gasteiger partial charge in [0.15, 0.2) is 17.0 Å². The van der Waals surface area contributed by atoms with Crippen molar-refractivity contribution < 1.29 is 13.7 Å². The van der Waals surface area contributed by atoms with Gasteiger partial charge in [0.05, 0.1) is 5.69 Å². The molecule has 0 amide bonds. The molecule has 3 aromatic heterocycles. The summed E-state index contributed by atoms with van der Waals surface area (Å²) in [5.74, 6) is 2.88. The van der Waals surface area contributed by atoms with Gasteiger partial charge in [0.25, 0.3) is 5.56 Å². The van der Waals surface area contributed by atoms with E-state index in [0.29, 0.717) is 34.7 Å². The van der Waals surface area contributed by atoms with Crippen molar-refractivity contribution >= 4 is 16.6 Å². The third kappa shape index (κ3) is 4.15. The first-order valence-electron chi connectivity index (χ1n) is 11.4. The van der Waals surface area contributed by atoms with Gasteiger partial charge in [0.1, 0.15) is 12.4 Å². The third-order valence-electron chi connectivity index (χ3n) is 6.54. The zero-order valence-electron chi connectivity index (χ0n) is 19.0. The Labute approximate surface area is 196 Å². The van der Waals surface area contributed by atoms with E-state index in [0.717, 1.165) is 43.6 Å². The number of fused-ring (bicyclic) bond motifs is 2. The lowest BCUT2D eigenvalue weighted by molar-refractivity contribution is 0.211. The molecular formula is C26H25FN4O3. The summed E-state index contributed by atoms with van der Waals surface area (Å²) in [6, 6.07) is 8.09. The van der Waals surface area contributed by atoms with Crippen LogP contribution in [0.5, 0.6) is 5.75 Å². The van der Waals surface area contributed by atoms with Crippen molar-refractivity contribution in [3.05, 3.63) is 69.7 Å². The zero-order valence-corrected chi connectivity index (χ0v) is 19.0. The molecule has 5 rings (SSSR count). The summed E-state index contributed by atoms with van der Waals surface area (Å²) in [5, 5.41) is 5.11. The summed E-state index contributed by atoms with van der Waals surface area (Å²) in [4.78, 5) is 20.2. The van der Waals surface area contributed by atoms with E-state index < -0.39 is 0 Å². The van der Waals surface area contributed by atoms with E-state index in [-0.39, 0.29) is 23.9 Å². The number of terminal acetylenes is 1. The van der Waals surface area contributed by atoms with E-state index in [4.69, 9.17) is 15.7 Å². The minimum atomic E-state index is -0.323. The molecule has 0 radical (unpaired) electrons. The van der Waals surface area contributed by atoms with Crippen LogP contribution in [-0.4, -0.2) is 45.7 Å². The Balaban J connectivity index is 1.26. The molecule has 1 saturated heterocycles. The van der Waals surface area contributed by atoms with Gasteiger partial charge in [-0.2, -0.15) is 0 Å². The van der Waals surface area contributed by atoms with Crippen LogP contribution in [0.3, 0.4) is 0 Å². The predicted molar refractivity (Wildman–Crippen MR) is 127 cm³/mol. The summed E-state index contributed by atoms with van der Waals surface area (Å²) in [6.45, 7) is 4.54. The zero-order chi connectivity index (χ0) is 23.7. The molecule has 1 aliphatic heterocycles. The van der Waals surface area contributed by atoms with Gasteiger partial charge < -0.3 is 14.2 Å². The highest BCUT2D eigenvalue weighted by molar-refractivity contribution is 5.79. The normalized spacial score (nSPS) is 15.1. The molecule has 8 heteroatoms. The van der Waals surface area contributed by atoms with Crippen LogP contribution in [0.15, 0.2) is 45.8 Å². The highest BCUT2D eigenvalue weighted by atomic mass is 19.1. The third-order valence-corrected chi connectivity index (χ3v) is 6.54. The fourth-order valence-corrected chi connectivity index (χ4v) is 4.72. The Morgan fingerprint density at radius 2 is 2.12 bits per heavy atom. The second-order valence-electron chi connectivity index (χ2n) is 8.61. The number of aromatic nitrogens is 3. The van der Waals surface area contributed by atoms with Crippen LogP contribution < -0.4 is 10.3 Å². The number of rotatable bonds is 6. The Bertz CT molecular complexity index is 1440. The molecule has 0 unspecified atom stereocenters. The lowest BCUT2D eigenvalue weighted by atomic mass is 9.91. The number of ether oxygens (including phenoxy) is 1. The first-order valence-corrected chi connectivity index (χ1v) is 11.4. The highest BCUT2D eigenvalue weighted by Gasteiger charge is 2.25. The van der Waals surface area contributed by atoms with Crippen molar-refractivity contribution in [2.24, 2.45) is 0 Å². The number of piperidine rings is 1. The smallest absolute Gasteiger partial charge is 0.261 e. The number of hydrogen-bond acceptors (Lipinski definition) is 6. The molecule has 0 saturated carbocycles. The van der Waals surface area contributed by atoms with Crippen molar-refractivity contribution in [3.63, 3.8) is 0 Å². The number of benzene rings is 1. The van der Waals surface area contributed by atoms with E-state index in [1.807, 2.05) is 6.92 Å². The molecule has 1 aliphatic rings. The minimum absolute atomic E-state index is 0.0788. The molecule has 0 spiro atoms. The Kier molecular flexibility index (Phi) is 6.03. The Hall–Kier alpha value is -3.70. The second-order valence-corrected chi connectivity index (χ2v) is 8.61. The fourth-order valence-electron chi connectivity index (χ4n) is 4.72. The number of aryl methyl sites for hydroxylation is 1. The van der Waals surface area contributed by atoms with Crippen molar-refractivity contribution in [2.45, 2.75) is 32.1 Å². The first kappa shape index (κ1) is 22.1. The standard InChI is InChI=1S/C26H25FN4O3/c1-3-15-33-22-5-4-11-31-25(22)28-17(2)20(26(31)32)10-14-30-12-8-18(9-13-30)24-21-7-6-19(27)16-23(21)34-29-24/h1,4-7,11,16,18H,8-10,12-15H2,2H3. The van der Waals surface area contributed by atoms with E-state index in [1.165, 1.54) is 16.5 Å². The molecule has 0 atom stereocenters. The number of hydrogen-bond donors (Lipinski definition) is 0. The van der Waals surface area contributed by atoms with Crippen LogP contribution in [0.25, 0.3) is 16.6 Å². The molecule has 0 aliphatic carbocycles. The van der Waals surface area contributed by atoms with Crippen molar-refractivity contribution in [3.8, 4) is 18.1 Å². The number of pyridine rings is 1. The van der Waals surface area contributed by atoms with Crippen molar-refractivity contribution in [2.75, 3.05) is 26.2 Å². The van der Waals surface area contributed by atoms with E-state index in [9.17, 15) is 9.18 Å². The summed E-state index contributed by atoms with van der Waals surface area (Å²) < 4.78 is 25.9. The largest absolute Gasteiger partial charge is 0.477 e. The molecule has 174 valence electrons. The average molecular weight is 461 g/mol. The molecule has 34 heavy (non-hydrogen) atoms. The summed E-state index contributed by atoms with van der Waals surface area (Å²) in [5.41, 5.74) is 3.21. The summed E-state index contributed by atoms with van der Waals surface area (Å²) >= 11 is 0. The maximum atomic E-state index is 13.4. The number of likely N-dealkylation sites (tertiary alicyclic amines) is 1. The molecule has 1 aromatic carbocycles. The highest BCUT2D eigenvalue weighted by Crippen LogP contribution is 2.32. The lowest BCUT2D eigenvalue weighted by Gasteiger charge is -2.31. The van der Waals surface area contributed by atoms with Crippen LogP contribution in [0.1, 0.15) is 35.7 Å². The Morgan fingerprint density at radius 1 is 1.29 bits per heavy atom. The SMILES string of the molecule is C#CCOc1cccn2c(=O)c(CCN3CCC(c4noc5cc(F)ccc45)CC3)c(C)nc12. The molecule has 4 heterocycles. The first-order chi connectivity index (χ1) is 16.5. The van der Waals surface area contributed by atoms with Gasteiger partial charge in [0.2, 0.25) is 0 Å². The van der Waals surface area contributed by atoms with Crippen molar-refractivity contribution in [1.29, 1.82) is 0 Å². The second kappa shape index (κ2) is 9.27. The maximum absolute atomic E-state index is 13.4. The molecule has 0 N–H and O–H groups in total. The van der Waals surface area contributed by atoms with E-state index >= 15 is 0 Å². The monoisotopic (exact) mass is 460 g/mol. The van der Waals surface area contributed by atoms with Gasteiger partial charge in [-0.05, 0) is 63.5 Å². The average Bonchev–Trinajstić information content (AvgIpc) is 3.26. The molecule has 7 nitrogen and oxygen atoms in total. The van der Waals surface area contributed by atoms with Crippen LogP contribution in [0, 0.1) is 25.1 Å². The maximum Gasteiger partial charge on any atom is 0.261 e. The summed E-state index contributed by atoms with van der Waals surface area (Å²) in [7, 11) is 0. The quantitative estimate of drug-likeness (QED) is 0.409. The fraction of sp³-hybridized carbons (Fsp3) is 0.346. The summed E-state index contributed by atoms with van der Waals surface area (Å²) in [6.07, 6.45) is 9.48.